The van der Waals surface area contributed by atoms with Crippen LogP contribution in [0.25, 0.3) is 0 Å². The van der Waals surface area contributed by atoms with Gasteiger partial charge in [-0.15, -0.1) is 0 Å². The molecule has 0 radical (unpaired) electrons. The Morgan fingerprint density at radius 1 is 1.11 bits per heavy atom. The van der Waals surface area contributed by atoms with E-state index >= 15 is 0 Å². The first-order chi connectivity index (χ1) is 13.3. The molecular weight excluding hydrogens is 402 g/mol. The largest absolute Gasteiger partial charge is 0.491 e. The highest BCUT2D eigenvalue weighted by Gasteiger charge is 2.11. The summed E-state index contributed by atoms with van der Waals surface area (Å²) in [6, 6.07) is 13.5. The van der Waals surface area contributed by atoms with Crippen molar-refractivity contribution in [3.63, 3.8) is 0 Å². The van der Waals surface area contributed by atoms with E-state index in [1.807, 2.05) is 13.8 Å². The fourth-order valence-corrected chi connectivity index (χ4v) is 2.39. The van der Waals surface area contributed by atoms with Gasteiger partial charge < -0.3 is 9.47 Å². The Hall–Kier alpha value is -2.84. The van der Waals surface area contributed by atoms with Gasteiger partial charge >= 0.3 is 0 Å². The van der Waals surface area contributed by atoms with E-state index in [1.54, 1.807) is 48.5 Å². The van der Waals surface area contributed by atoms with Crippen LogP contribution in [0.1, 0.15) is 24.2 Å². The Morgan fingerprint density at radius 3 is 2.57 bits per heavy atom. The molecule has 0 fully saturated rings. The Morgan fingerprint density at radius 2 is 1.86 bits per heavy atom. The second-order valence-electron chi connectivity index (χ2n) is 5.87. The Labute approximate surface area is 173 Å². The third-order valence-electron chi connectivity index (χ3n) is 3.21. The van der Waals surface area contributed by atoms with E-state index in [0.29, 0.717) is 22.1 Å². The minimum Gasteiger partial charge on any atom is -0.491 e. The summed E-state index contributed by atoms with van der Waals surface area (Å²) in [6.07, 6.45) is -0.00995. The lowest BCUT2D eigenvalue weighted by atomic mass is 10.2. The van der Waals surface area contributed by atoms with Gasteiger partial charge in [-0.1, -0.05) is 29.8 Å². The van der Waals surface area contributed by atoms with Crippen molar-refractivity contribution in [2.45, 2.75) is 20.0 Å². The predicted octanol–water partition coefficient (Wildman–Crippen LogP) is 2.84. The molecule has 0 heterocycles. The van der Waals surface area contributed by atoms with Gasteiger partial charge in [0, 0.05) is 5.56 Å². The van der Waals surface area contributed by atoms with Gasteiger partial charge in [0.2, 0.25) is 0 Å². The topological polar surface area (TPSA) is 88.7 Å². The number of ether oxygens (including phenoxy) is 2. The average molecular weight is 422 g/mol. The summed E-state index contributed by atoms with van der Waals surface area (Å²) in [7, 11) is 0. The van der Waals surface area contributed by atoms with E-state index in [9.17, 15) is 9.59 Å². The smallest absolute Gasteiger partial charge is 0.276 e. The number of halogens is 1. The second kappa shape index (κ2) is 10.5. The predicted molar refractivity (Wildman–Crippen MR) is 110 cm³/mol. The van der Waals surface area contributed by atoms with E-state index in [2.05, 4.69) is 16.2 Å². The number of carbonyl (C=O) groups is 2. The van der Waals surface area contributed by atoms with Crippen LogP contribution >= 0.6 is 23.8 Å². The Bertz CT molecular complexity index is 861. The maximum Gasteiger partial charge on any atom is 0.276 e. The highest BCUT2D eigenvalue weighted by atomic mass is 35.5. The molecular formula is C19H20ClN3O4S. The molecule has 7 nitrogen and oxygen atoms in total. The van der Waals surface area contributed by atoms with Gasteiger partial charge in [-0.2, -0.15) is 0 Å². The van der Waals surface area contributed by atoms with Gasteiger partial charge in [-0.05, 0) is 56.4 Å². The summed E-state index contributed by atoms with van der Waals surface area (Å²) in [5.41, 5.74) is 5.14. The van der Waals surface area contributed by atoms with Gasteiger partial charge in [-0.25, -0.2) is 0 Å². The van der Waals surface area contributed by atoms with E-state index < -0.39 is 11.8 Å². The van der Waals surface area contributed by atoms with Crippen molar-refractivity contribution in [1.29, 1.82) is 0 Å². The molecule has 0 bridgehead atoms. The van der Waals surface area contributed by atoms with Crippen molar-refractivity contribution in [2.75, 3.05) is 6.61 Å². The highest BCUT2D eigenvalue weighted by molar-refractivity contribution is 7.80. The fraction of sp³-hybridized carbons (Fsp3) is 0.211. The van der Waals surface area contributed by atoms with Crippen molar-refractivity contribution >= 4 is 40.7 Å². The standard InChI is InChI=1S/C19H20ClN3O4S/c1-12(2)27-14-7-5-6-13(10-14)18(25)21-19(28)23-22-17(24)11-26-16-9-4-3-8-15(16)20/h3-10,12H,11H2,1-2H3,(H,22,24)(H2,21,23,25,28). The Balaban J connectivity index is 1.78. The van der Waals surface area contributed by atoms with Crippen molar-refractivity contribution in [3.05, 3.63) is 59.1 Å². The molecule has 0 spiro atoms. The first-order valence-electron chi connectivity index (χ1n) is 8.39. The SMILES string of the molecule is CC(C)Oc1cccc(C(=O)NC(=S)NNC(=O)COc2ccccc2Cl)c1. The number of hydrazine groups is 1. The van der Waals surface area contributed by atoms with Crippen LogP contribution < -0.4 is 25.6 Å². The Kier molecular flexibility index (Phi) is 8.03. The molecule has 0 saturated carbocycles. The van der Waals surface area contributed by atoms with Gasteiger partial charge in [0.25, 0.3) is 11.8 Å². The maximum absolute atomic E-state index is 12.2. The molecule has 0 atom stereocenters. The lowest BCUT2D eigenvalue weighted by Crippen LogP contribution is -2.49. The van der Waals surface area contributed by atoms with E-state index in [1.165, 1.54) is 0 Å². The molecule has 0 aliphatic carbocycles. The van der Waals surface area contributed by atoms with Crippen LogP contribution in [0.5, 0.6) is 11.5 Å². The van der Waals surface area contributed by atoms with Crippen LogP contribution in [0, 0.1) is 0 Å². The molecule has 2 amide bonds. The molecule has 3 N–H and O–H groups in total. The van der Waals surface area contributed by atoms with Gasteiger partial charge in [-0.3, -0.25) is 25.8 Å². The minimum atomic E-state index is -0.496. The quantitative estimate of drug-likeness (QED) is 0.491. The van der Waals surface area contributed by atoms with Crippen LogP contribution in [0.2, 0.25) is 5.02 Å². The van der Waals surface area contributed by atoms with Gasteiger partial charge in [0.05, 0.1) is 11.1 Å². The zero-order valence-corrected chi connectivity index (χ0v) is 16.9. The van der Waals surface area contributed by atoms with Crippen LogP contribution in [-0.4, -0.2) is 29.6 Å². The number of thiocarbonyl (C=S) groups is 1. The number of benzene rings is 2. The number of hydrogen-bond acceptors (Lipinski definition) is 5. The number of para-hydroxylation sites is 1. The van der Waals surface area contributed by atoms with Crippen LogP contribution in [-0.2, 0) is 4.79 Å². The monoisotopic (exact) mass is 421 g/mol. The first-order valence-corrected chi connectivity index (χ1v) is 9.18. The molecule has 0 aromatic heterocycles. The number of hydrogen-bond donors (Lipinski definition) is 3. The molecule has 148 valence electrons. The van der Waals surface area contributed by atoms with Crippen molar-refractivity contribution < 1.29 is 19.1 Å². The summed E-state index contributed by atoms with van der Waals surface area (Å²) in [6.45, 7) is 3.51. The zero-order chi connectivity index (χ0) is 20.5. The number of rotatable bonds is 6. The number of amides is 2. The van der Waals surface area contributed by atoms with Crippen LogP contribution in [0.15, 0.2) is 48.5 Å². The fourth-order valence-electron chi connectivity index (χ4n) is 2.06. The number of carbonyl (C=O) groups excluding carboxylic acids is 2. The van der Waals surface area contributed by atoms with Crippen molar-refractivity contribution in [3.8, 4) is 11.5 Å². The van der Waals surface area contributed by atoms with Crippen molar-refractivity contribution in [1.82, 2.24) is 16.2 Å². The molecule has 9 heteroatoms. The van der Waals surface area contributed by atoms with Crippen LogP contribution in [0.3, 0.4) is 0 Å². The second-order valence-corrected chi connectivity index (χ2v) is 6.69. The molecule has 2 aromatic rings. The lowest BCUT2D eigenvalue weighted by Gasteiger charge is -2.13. The summed E-state index contributed by atoms with van der Waals surface area (Å²) < 4.78 is 10.8. The average Bonchev–Trinajstić information content (AvgIpc) is 2.65. The molecule has 28 heavy (non-hydrogen) atoms. The van der Waals surface area contributed by atoms with Gasteiger partial charge in [0.15, 0.2) is 11.7 Å². The minimum absolute atomic E-state index is 0.00995. The molecule has 0 aliphatic rings. The maximum atomic E-state index is 12.2. The normalized spacial score (nSPS) is 10.1. The third-order valence-corrected chi connectivity index (χ3v) is 3.72. The van der Waals surface area contributed by atoms with E-state index in [0.717, 1.165) is 0 Å². The molecule has 2 aromatic carbocycles. The molecule has 0 saturated heterocycles. The summed E-state index contributed by atoms with van der Waals surface area (Å²) in [5.74, 6) is 0.0300. The highest BCUT2D eigenvalue weighted by Crippen LogP contribution is 2.22. The number of nitrogens with one attached hydrogen (secondary N) is 3. The molecule has 2 rings (SSSR count). The summed E-state index contributed by atoms with van der Waals surface area (Å²) >= 11 is 10.9. The van der Waals surface area contributed by atoms with Crippen LogP contribution in [0.4, 0.5) is 0 Å². The van der Waals surface area contributed by atoms with E-state index in [-0.39, 0.29) is 17.8 Å². The first kappa shape index (κ1) is 21.5. The lowest BCUT2D eigenvalue weighted by molar-refractivity contribution is -0.123. The van der Waals surface area contributed by atoms with E-state index in [4.69, 9.17) is 33.3 Å². The summed E-state index contributed by atoms with van der Waals surface area (Å²) in [4.78, 5) is 24.0. The molecule has 0 unspecified atom stereocenters. The molecule has 0 aliphatic heterocycles. The summed E-state index contributed by atoms with van der Waals surface area (Å²) in [5, 5.41) is 2.80. The van der Waals surface area contributed by atoms with Gasteiger partial charge in [0.1, 0.15) is 11.5 Å². The van der Waals surface area contributed by atoms with Crippen molar-refractivity contribution in [2.24, 2.45) is 0 Å². The third kappa shape index (κ3) is 7.05. The zero-order valence-electron chi connectivity index (χ0n) is 15.3.